The fourth-order valence-electron chi connectivity index (χ4n) is 1.38. The SMILES string of the molecule is CC(=O)SCCOCCOCCOCCOCCOCCN=[N+]=[N-]. The van der Waals surface area contributed by atoms with E-state index >= 15 is 0 Å². The van der Waals surface area contributed by atoms with Gasteiger partial charge in [-0.3, -0.25) is 4.79 Å². The monoisotopic (exact) mass is 365 g/mol. The highest BCUT2D eigenvalue weighted by Gasteiger charge is 1.95. The number of carbonyl (C=O) groups is 1. The van der Waals surface area contributed by atoms with Crippen molar-refractivity contribution in [2.24, 2.45) is 5.11 Å². The van der Waals surface area contributed by atoms with Gasteiger partial charge in [-0.05, 0) is 5.53 Å². The summed E-state index contributed by atoms with van der Waals surface area (Å²) in [5.74, 6) is 0.678. The van der Waals surface area contributed by atoms with E-state index in [2.05, 4.69) is 10.0 Å². The van der Waals surface area contributed by atoms with Gasteiger partial charge in [0.05, 0.1) is 66.1 Å². The first-order valence-corrected chi connectivity index (χ1v) is 8.79. The molecule has 0 fully saturated rings. The Bertz CT molecular complexity index is 324. The van der Waals surface area contributed by atoms with Crippen LogP contribution in [-0.2, 0) is 28.5 Å². The number of azide groups is 1. The zero-order chi connectivity index (χ0) is 17.7. The highest BCUT2D eigenvalue weighted by molar-refractivity contribution is 8.13. The zero-order valence-corrected chi connectivity index (χ0v) is 15.0. The summed E-state index contributed by atoms with van der Waals surface area (Å²) < 4.78 is 26.4. The molecule has 0 spiro atoms. The number of thioether (sulfide) groups is 1. The third-order valence-electron chi connectivity index (χ3n) is 2.42. The molecular formula is C14H27N3O6S. The van der Waals surface area contributed by atoms with Gasteiger partial charge in [-0.1, -0.05) is 16.9 Å². The van der Waals surface area contributed by atoms with E-state index in [0.717, 1.165) is 0 Å². The molecule has 0 rings (SSSR count). The van der Waals surface area contributed by atoms with Crippen LogP contribution in [0.4, 0.5) is 0 Å². The Morgan fingerprint density at radius 3 is 1.67 bits per heavy atom. The first-order chi connectivity index (χ1) is 11.8. The predicted molar refractivity (Wildman–Crippen MR) is 91.2 cm³/mol. The van der Waals surface area contributed by atoms with Gasteiger partial charge in [0, 0.05) is 24.1 Å². The van der Waals surface area contributed by atoms with Crippen LogP contribution in [0, 0.1) is 0 Å². The standard InChI is InChI=1S/C14H27N3O6S/c1-14(18)24-13-12-23-11-10-22-9-8-21-7-6-20-5-4-19-3-2-16-17-15/h2-13H2,1H3. The third-order valence-corrected chi connectivity index (χ3v) is 3.20. The smallest absolute Gasteiger partial charge is 0.185 e. The molecule has 0 aromatic heterocycles. The number of hydrogen-bond donors (Lipinski definition) is 0. The van der Waals surface area contributed by atoms with Crippen molar-refractivity contribution in [3.05, 3.63) is 10.4 Å². The van der Waals surface area contributed by atoms with Gasteiger partial charge in [-0.2, -0.15) is 0 Å². The Balaban J connectivity index is 3.00. The minimum absolute atomic E-state index is 0.105. The molecule has 0 N–H and O–H groups in total. The summed E-state index contributed by atoms with van der Waals surface area (Å²) in [6, 6.07) is 0. The van der Waals surface area contributed by atoms with E-state index in [1.54, 1.807) is 6.92 Å². The van der Waals surface area contributed by atoms with E-state index < -0.39 is 0 Å². The molecule has 0 aromatic rings. The lowest BCUT2D eigenvalue weighted by molar-refractivity contribution is -0.109. The molecule has 9 nitrogen and oxygen atoms in total. The maximum Gasteiger partial charge on any atom is 0.185 e. The predicted octanol–water partition coefficient (Wildman–Crippen LogP) is 1.66. The molecule has 0 radical (unpaired) electrons. The largest absolute Gasteiger partial charge is 0.379 e. The van der Waals surface area contributed by atoms with Crippen LogP contribution in [0.3, 0.4) is 0 Å². The van der Waals surface area contributed by atoms with Crippen molar-refractivity contribution < 1.29 is 28.5 Å². The van der Waals surface area contributed by atoms with Gasteiger partial charge in [0.15, 0.2) is 5.12 Å². The highest BCUT2D eigenvalue weighted by Crippen LogP contribution is 1.99. The Labute approximate surface area is 146 Å². The van der Waals surface area contributed by atoms with Crippen molar-refractivity contribution in [2.75, 3.05) is 78.4 Å². The molecule has 0 saturated carbocycles. The van der Waals surface area contributed by atoms with Crippen LogP contribution in [0.5, 0.6) is 0 Å². The summed E-state index contributed by atoms with van der Waals surface area (Å²) in [6.45, 7) is 6.82. The van der Waals surface area contributed by atoms with Gasteiger partial charge in [0.1, 0.15) is 0 Å². The van der Waals surface area contributed by atoms with Crippen LogP contribution in [0.2, 0.25) is 0 Å². The molecule has 0 aliphatic carbocycles. The summed E-state index contributed by atoms with van der Waals surface area (Å²) in [5.41, 5.74) is 8.06. The number of rotatable bonds is 18. The lowest BCUT2D eigenvalue weighted by Gasteiger charge is -2.07. The number of carbonyl (C=O) groups excluding carboxylic acids is 1. The fraction of sp³-hybridized carbons (Fsp3) is 0.929. The molecule has 0 bridgehead atoms. The zero-order valence-electron chi connectivity index (χ0n) is 14.2. The minimum atomic E-state index is 0.105. The molecule has 24 heavy (non-hydrogen) atoms. The Hall–Kier alpha value is -0.870. The quantitative estimate of drug-likeness (QED) is 0.157. The second-order valence-corrected chi connectivity index (χ2v) is 5.63. The Kier molecular flexibility index (Phi) is 19.4. The van der Waals surface area contributed by atoms with E-state index in [0.29, 0.717) is 78.4 Å². The molecule has 0 aliphatic heterocycles. The summed E-state index contributed by atoms with van der Waals surface area (Å²) >= 11 is 1.26. The second-order valence-electron chi connectivity index (χ2n) is 4.36. The lowest BCUT2D eigenvalue weighted by atomic mass is 10.7. The molecule has 0 saturated heterocycles. The van der Waals surface area contributed by atoms with Crippen molar-refractivity contribution >= 4 is 16.9 Å². The molecule has 0 heterocycles. The summed E-state index contributed by atoms with van der Waals surface area (Å²) in [5, 5.41) is 3.45. The van der Waals surface area contributed by atoms with Crippen molar-refractivity contribution in [1.29, 1.82) is 0 Å². The van der Waals surface area contributed by atoms with Gasteiger partial charge in [0.2, 0.25) is 0 Å². The fourth-order valence-corrected chi connectivity index (χ4v) is 1.86. The molecule has 0 aliphatic rings. The summed E-state index contributed by atoms with van der Waals surface area (Å²) in [7, 11) is 0. The molecule has 0 amide bonds. The van der Waals surface area contributed by atoms with Crippen LogP contribution >= 0.6 is 11.8 Å². The molecule has 0 aromatic carbocycles. The Morgan fingerprint density at radius 1 is 0.833 bits per heavy atom. The molecule has 0 atom stereocenters. The van der Waals surface area contributed by atoms with Crippen molar-refractivity contribution in [2.45, 2.75) is 6.92 Å². The lowest BCUT2D eigenvalue weighted by Crippen LogP contribution is -2.13. The average Bonchev–Trinajstić information content (AvgIpc) is 2.56. The molecule has 10 heteroatoms. The van der Waals surface area contributed by atoms with Crippen LogP contribution in [0.15, 0.2) is 5.11 Å². The van der Waals surface area contributed by atoms with Crippen LogP contribution in [0.25, 0.3) is 10.4 Å². The van der Waals surface area contributed by atoms with Gasteiger partial charge >= 0.3 is 0 Å². The number of nitrogens with zero attached hydrogens (tertiary/aromatic N) is 3. The molecule has 0 unspecified atom stereocenters. The van der Waals surface area contributed by atoms with E-state index in [4.69, 9.17) is 29.2 Å². The first kappa shape index (κ1) is 23.1. The summed E-state index contributed by atoms with van der Waals surface area (Å²) in [4.78, 5) is 13.3. The minimum Gasteiger partial charge on any atom is -0.379 e. The topological polar surface area (TPSA) is 112 Å². The van der Waals surface area contributed by atoms with Gasteiger partial charge in [0.25, 0.3) is 0 Å². The Morgan fingerprint density at radius 2 is 1.25 bits per heavy atom. The van der Waals surface area contributed by atoms with E-state index in [1.807, 2.05) is 0 Å². The van der Waals surface area contributed by atoms with E-state index in [1.165, 1.54) is 11.8 Å². The van der Waals surface area contributed by atoms with E-state index in [-0.39, 0.29) is 5.12 Å². The second kappa shape index (κ2) is 20.2. The normalized spacial score (nSPS) is 10.5. The summed E-state index contributed by atoms with van der Waals surface area (Å²) in [6.07, 6.45) is 0. The first-order valence-electron chi connectivity index (χ1n) is 7.80. The molecule has 140 valence electrons. The highest BCUT2D eigenvalue weighted by atomic mass is 32.2. The van der Waals surface area contributed by atoms with Gasteiger partial charge < -0.3 is 23.7 Å². The molecular weight excluding hydrogens is 338 g/mol. The average molecular weight is 365 g/mol. The van der Waals surface area contributed by atoms with Crippen LogP contribution in [-0.4, -0.2) is 83.5 Å². The van der Waals surface area contributed by atoms with Crippen molar-refractivity contribution in [3.63, 3.8) is 0 Å². The van der Waals surface area contributed by atoms with Crippen molar-refractivity contribution in [3.8, 4) is 0 Å². The maximum atomic E-state index is 10.7. The van der Waals surface area contributed by atoms with Gasteiger partial charge in [-0.25, -0.2) is 0 Å². The van der Waals surface area contributed by atoms with Gasteiger partial charge in [-0.15, -0.1) is 0 Å². The van der Waals surface area contributed by atoms with Crippen LogP contribution in [0.1, 0.15) is 6.92 Å². The maximum absolute atomic E-state index is 10.7. The van der Waals surface area contributed by atoms with Crippen molar-refractivity contribution in [1.82, 2.24) is 0 Å². The third kappa shape index (κ3) is 21.1. The van der Waals surface area contributed by atoms with Crippen LogP contribution < -0.4 is 0 Å². The number of ether oxygens (including phenoxy) is 5. The number of hydrogen-bond acceptors (Lipinski definition) is 8. The van der Waals surface area contributed by atoms with E-state index in [9.17, 15) is 4.79 Å².